The summed E-state index contributed by atoms with van der Waals surface area (Å²) in [5.74, 6) is 0. The lowest BCUT2D eigenvalue weighted by molar-refractivity contribution is 0.287. The van der Waals surface area contributed by atoms with Gasteiger partial charge in [0.25, 0.3) is 0 Å². The maximum absolute atomic E-state index is 12.0. The third kappa shape index (κ3) is 2.06. The van der Waals surface area contributed by atoms with Crippen LogP contribution in [0.3, 0.4) is 0 Å². The van der Waals surface area contributed by atoms with E-state index < -0.39 is 7.60 Å². The van der Waals surface area contributed by atoms with Crippen LogP contribution in [0.4, 0.5) is 0 Å². The largest absolute Gasteiger partial charge is 0.361 e. The molecule has 1 rings (SSSR count). The second-order valence-corrected chi connectivity index (χ2v) is 5.36. The van der Waals surface area contributed by atoms with Gasteiger partial charge in [-0.2, -0.15) is 0 Å². The molecule has 3 nitrogen and oxygen atoms in total. The lowest BCUT2D eigenvalue weighted by Crippen LogP contribution is -2.11. The molecule has 0 amide bonds. The van der Waals surface area contributed by atoms with Crippen LogP contribution in [0.25, 0.3) is 0 Å². The van der Waals surface area contributed by atoms with Gasteiger partial charge in [-0.05, 0) is 25.5 Å². The van der Waals surface area contributed by atoms with Gasteiger partial charge in [0.05, 0.1) is 5.30 Å². The van der Waals surface area contributed by atoms with Crippen molar-refractivity contribution in [3.05, 3.63) is 29.3 Å². The van der Waals surface area contributed by atoms with Crippen molar-refractivity contribution in [3.8, 4) is 0 Å². The molecule has 1 aromatic rings. The summed E-state index contributed by atoms with van der Waals surface area (Å²) >= 11 is 0. The highest BCUT2D eigenvalue weighted by Gasteiger charge is 2.25. The molecule has 4 heteroatoms. The first kappa shape index (κ1) is 11.4. The zero-order valence-corrected chi connectivity index (χ0v) is 9.80. The van der Waals surface area contributed by atoms with Crippen LogP contribution in [0, 0.1) is 13.8 Å². The highest BCUT2D eigenvalue weighted by Crippen LogP contribution is 2.45. The van der Waals surface area contributed by atoms with Crippen molar-refractivity contribution < 1.29 is 13.6 Å². The summed E-state index contributed by atoms with van der Waals surface area (Å²) in [6.07, 6.45) is 0. The third-order valence-electron chi connectivity index (χ3n) is 2.13. The summed E-state index contributed by atoms with van der Waals surface area (Å²) < 4.78 is 21.9. The zero-order valence-electron chi connectivity index (χ0n) is 8.90. The van der Waals surface area contributed by atoms with Gasteiger partial charge in [0.1, 0.15) is 0 Å². The quantitative estimate of drug-likeness (QED) is 0.725. The van der Waals surface area contributed by atoms with Crippen molar-refractivity contribution in [3.63, 3.8) is 0 Å². The smallest absolute Gasteiger partial charge is 0.309 e. The number of benzene rings is 1. The van der Waals surface area contributed by atoms with Crippen LogP contribution < -0.4 is 5.30 Å². The first-order chi connectivity index (χ1) is 6.53. The number of hydrogen-bond acceptors (Lipinski definition) is 3. The average Bonchev–Trinajstić information content (AvgIpc) is 2.17. The van der Waals surface area contributed by atoms with E-state index in [-0.39, 0.29) is 0 Å². The molecule has 78 valence electrons. The maximum atomic E-state index is 12.0. The molecule has 0 unspecified atom stereocenters. The molecule has 0 bridgehead atoms. The molecule has 0 radical (unpaired) electrons. The minimum absolute atomic E-state index is 0.633. The number of aryl methyl sites for hydroxylation is 2. The van der Waals surface area contributed by atoms with Gasteiger partial charge in [0.15, 0.2) is 0 Å². The van der Waals surface area contributed by atoms with Gasteiger partial charge in [-0.15, -0.1) is 0 Å². The van der Waals surface area contributed by atoms with Gasteiger partial charge < -0.3 is 9.05 Å². The summed E-state index contributed by atoms with van der Waals surface area (Å²) in [6, 6.07) is 5.64. The van der Waals surface area contributed by atoms with Crippen LogP contribution in [0.2, 0.25) is 0 Å². The minimum Gasteiger partial charge on any atom is -0.309 e. The van der Waals surface area contributed by atoms with Crippen LogP contribution >= 0.6 is 7.60 Å². The Morgan fingerprint density at radius 1 is 1.14 bits per heavy atom. The Morgan fingerprint density at radius 3 is 2.14 bits per heavy atom. The van der Waals surface area contributed by atoms with Crippen LogP contribution in [-0.4, -0.2) is 14.2 Å². The summed E-state index contributed by atoms with van der Waals surface area (Å²) in [5.41, 5.74) is 2.06. The van der Waals surface area contributed by atoms with E-state index in [9.17, 15) is 4.57 Å². The summed E-state index contributed by atoms with van der Waals surface area (Å²) in [7, 11) is -0.306. The summed E-state index contributed by atoms with van der Waals surface area (Å²) in [6.45, 7) is 3.88. The molecular formula is C10H15O3P. The van der Waals surface area contributed by atoms with E-state index in [0.29, 0.717) is 5.30 Å². The molecular weight excluding hydrogens is 199 g/mol. The highest BCUT2D eigenvalue weighted by molar-refractivity contribution is 7.62. The maximum Gasteiger partial charge on any atom is 0.361 e. The van der Waals surface area contributed by atoms with Crippen molar-refractivity contribution in [2.24, 2.45) is 0 Å². The minimum atomic E-state index is -3.09. The highest BCUT2D eigenvalue weighted by atomic mass is 31.2. The fraction of sp³-hybridized carbons (Fsp3) is 0.400. The van der Waals surface area contributed by atoms with E-state index in [4.69, 9.17) is 9.05 Å². The van der Waals surface area contributed by atoms with Crippen molar-refractivity contribution in [1.29, 1.82) is 0 Å². The molecule has 0 aliphatic heterocycles. The number of rotatable bonds is 3. The molecule has 0 aliphatic carbocycles. The molecule has 0 saturated heterocycles. The van der Waals surface area contributed by atoms with E-state index in [2.05, 4.69) is 0 Å². The van der Waals surface area contributed by atoms with E-state index >= 15 is 0 Å². The normalized spacial score (nSPS) is 11.7. The van der Waals surface area contributed by atoms with Gasteiger partial charge in [-0.25, -0.2) is 0 Å². The first-order valence-electron chi connectivity index (χ1n) is 4.33. The van der Waals surface area contributed by atoms with E-state index in [1.807, 2.05) is 26.0 Å². The van der Waals surface area contributed by atoms with Crippen LogP contribution in [0.5, 0.6) is 0 Å². The molecule has 0 spiro atoms. The first-order valence-corrected chi connectivity index (χ1v) is 5.87. The lowest BCUT2D eigenvalue weighted by Gasteiger charge is -2.16. The lowest BCUT2D eigenvalue weighted by atomic mass is 10.2. The van der Waals surface area contributed by atoms with Crippen molar-refractivity contribution in [1.82, 2.24) is 0 Å². The van der Waals surface area contributed by atoms with Crippen LogP contribution in [0.15, 0.2) is 18.2 Å². The molecule has 14 heavy (non-hydrogen) atoms. The van der Waals surface area contributed by atoms with E-state index in [0.717, 1.165) is 11.1 Å². The van der Waals surface area contributed by atoms with Gasteiger partial charge >= 0.3 is 7.60 Å². The van der Waals surface area contributed by atoms with Crippen LogP contribution in [-0.2, 0) is 13.6 Å². The van der Waals surface area contributed by atoms with Crippen molar-refractivity contribution in [2.75, 3.05) is 14.2 Å². The molecule has 0 aromatic heterocycles. The summed E-state index contributed by atoms with van der Waals surface area (Å²) in [4.78, 5) is 0. The molecule has 1 aromatic carbocycles. The van der Waals surface area contributed by atoms with E-state index in [1.165, 1.54) is 14.2 Å². The van der Waals surface area contributed by atoms with E-state index in [1.54, 1.807) is 6.07 Å². The standard InChI is InChI=1S/C10H15O3P/c1-8-5-6-10(9(2)7-8)14(11,12-3)13-4/h5-7H,1-4H3. The van der Waals surface area contributed by atoms with Crippen LogP contribution in [0.1, 0.15) is 11.1 Å². The third-order valence-corrected chi connectivity index (χ3v) is 4.18. The Morgan fingerprint density at radius 2 is 1.71 bits per heavy atom. The Balaban J connectivity index is 3.25. The Kier molecular flexibility index (Phi) is 3.48. The SMILES string of the molecule is COP(=O)(OC)c1ccc(C)cc1C. The second-order valence-electron chi connectivity index (χ2n) is 3.15. The van der Waals surface area contributed by atoms with Gasteiger partial charge in [0.2, 0.25) is 0 Å². The molecule has 0 atom stereocenters. The topological polar surface area (TPSA) is 35.5 Å². The molecule has 0 N–H and O–H groups in total. The summed E-state index contributed by atoms with van der Waals surface area (Å²) in [5, 5.41) is 0.633. The Labute approximate surface area is 84.6 Å². The van der Waals surface area contributed by atoms with Crippen molar-refractivity contribution >= 4 is 12.9 Å². The molecule has 0 heterocycles. The number of hydrogen-bond donors (Lipinski definition) is 0. The second kappa shape index (κ2) is 4.26. The Bertz CT molecular complexity index is 366. The fourth-order valence-electron chi connectivity index (χ4n) is 1.38. The van der Waals surface area contributed by atoms with Gasteiger partial charge in [-0.3, -0.25) is 4.57 Å². The zero-order chi connectivity index (χ0) is 10.8. The molecule has 0 aliphatic rings. The molecule has 0 fully saturated rings. The fourth-order valence-corrected chi connectivity index (χ4v) is 2.68. The van der Waals surface area contributed by atoms with Gasteiger partial charge in [0, 0.05) is 14.2 Å². The van der Waals surface area contributed by atoms with Gasteiger partial charge in [-0.1, -0.05) is 17.7 Å². The van der Waals surface area contributed by atoms with Crippen molar-refractivity contribution in [2.45, 2.75) is 13.8 Å². The average molecular weight is 214 g/mol. The Hall–Kier alpha value is -0.630. The predicted octanol–water partition coefficient (Wildman–Crippen LogP) is 2.41. The monoisotopic (exact) mass is 214 g/mol. The predicted molar refractivity (Wildman–Crippen MR) is 57.2 cm³/mol. The molecule has 0 saturated carbocycles.